The predicted octanol–water partition coefficient (Wildman–Crippen LogP) is 2.49. The smallest absolute Gasteiger partial charge is 0.341 e. The molecule has 1 saturated carbocycles. The van der Waals surface area contributed by atoms with Crippen molar-refractivity contribution in [2.45, 2.75) is 44.2 Å². The number of halogens is 1. The van der Waals surface area contributed by atoms with Gasteiger partial charge >= 0.3 is 5.97 Å². The van der Waals surface area contributed by atoms with Crippen molar-refractivity contribution in [3.63, 3.8) is 0 Å². The first kappa shape index (κ1) is 17.0. The van der Waals surface area contributed by atoms with Gasteiger partial charge in [-0.1, -0.05) is 6.42 Å². The Morgan fingerprint density at radius 1 is 1.23 bits per heavy atom. The van der Waals surface area contributed by atoms with Gasteiger partial charge in [0.05, 0.1) is 11.2 Å². The van der Waals surface area contributed by atoms with Crippen molar-refractivity contribution in [3.8, 4) is 0 Å². The maximum atomic E-state index is 14.8. The number of pyridine rings is 1. The van der Waals surface area contributed by atoms with Crippen LogP contribution < -0.4 is 16.1 Å². The first-order chi connectivity index (χ1) is 12.5. The fraction of sp³-hybridized carbons (Fsp3) is 0.474. The molecule has 1 unspecified atom stereocenters. The number of hydrogen-bond donors (Lipinski definition) is 2. The van der Waals surface area contributed by atoms with E-state index in [9.17, 15) is 19.1 Å². The Bertz CT molecular complexity index is 936. The van der Waals surface area contributed by atoms with E-state index in [1.165, 1.54) is 12.3 Å². The first-order valence-electron chi connectivity index (χ1n) is 9.08. The van der Waals surface area contributed by atoms with Crippen molar-refractivity contribution >= 4 is 22.6 Å². The van der Waals surface area contributed by atoms with Gasteiger partial charge in [0.15, 0.2) is 0 Å². The van der Waals surface area contributed by atoms with Gasteiger partial charge < -0.3 is 20.3 Å². The summed E-state index contributed by atoms with van der Waals surface area (Å²) < 4.78 is 16.7. The second kappa shape index (κ2) is 6.39. The quantitative estimate of drug-likeness (QED) is 0.879. The molecule has 2 aromatic rings. The van der Waals surface area contributed by atoms with E-state index in [1.54, 1.807) is 6.07 Å². The van der Waals surface area contributed by atoms with Crippen LogP contribution >= 0.6 is 0 Å². The zero-order chi connectivity index (χ0) is 18.4. The molecule has 1 aliphatic carbocycles. The molecular formula is C19H22FN3O3. The van der Waals surface area contributed by atoms with E-state index in [1.807, 2.05) is 9.47 Å². The molecule has 4 rings (SSSR count). The minimum absolute atomic E-state index is 0.00684. The number of carboxylic acids is 1. The summed E-state index contributed by atoms with van der Waals surface area (Å²) in [5, 5.41) is 9.43. The highest BCUT2D eigenvalue weighted by atomic mass is 19.1. The number of carboxylic acid groups (broad SMARTS) is 1. The van der Waals surface area contributed by atoms with Crippen molar-refractivity contribution in [1.29, 1.82) is 0 Å². The number of aromatic carboxylic acids is 1. The van der Waals surface area contributed by atoms with Gasteiger partial charge in [0.25, 0.3) is 0 Å². The molecule has 0 amide bonds. The zero-order valence-corrected chi connectivity index (χ0v) is 14.4. The van der Waals surface area contributed by atoms with Gasteiger partial charge in [-0.2, -0.15) is 0 Å². The van der Waals surface area contributed by atoms with E-state index >= 15 is 0 Å². The Labute approximate surface area is 150 Å². The molecule has 0 bridgehead atoms. The van der Waals surface area contributed by atoms with E-state index in [4.69, 9.17) is 5.73 Å². The Kier molecular flexibility index (Phi) is 4.19. The minimum atomic E-state index is -1.28. The third-order valence-corrected chi connectivity index (χ3v) is 5.32. The van der Waals surface area contributed by atoms with Crippen LogP contribution in [0.3, 0.4) is 0 Å². The van der Waals surface area contributed by atoms with Gasteiger partial charge in [0, 0.05) is 36.8 Å². The lowest BCUT2D eigenvalue weighted by Crippen LogP contribution is -2.36. The monoisotopic (exact) mass is 359 g/mol. The van der Waals surface area contributed by atoms with Crippen molar-refractivity contribution in [2.75, 3.05) is 18.0 Å². The molecule has 138 valence electrons. The fourth-order valence-electron chi connectivity index (χ4n) is 3.80. The second-order valence-electron chi connectivity index (χ2n) is 7.34. The molecule has 3 N–H and O–H groups in total. The summed E-state index contributed by atoms with van der Waals surface area (Å²) in [7, 11) is 0. The van der Waals surface area contributed by atoms with Crippen LogP contribution in [0.25, 0.3) is 10.9 Å². The average Bonchev–Trinajstić information content (AvgIpc) is 3.43. The van der Waals surface area contributed by atoms with Gasteiger partial charge in [-0.05, 0) is 37.8 Å². The Hall–Kier alpha value is -2.41. The molecule has 2 heterocycles. The fourth-order valence-corrected chi connectivity index (χ4v) is 3.80. The van der Waals surface area contributed by atoms with Gasteiger partial charge in [-0.25, -0.2) is 9.18 Å². The number of anilines is 1. The van der Waals surface area contributed by atoms with Gasteiger partial charge in [-0.15, -0.1) is 0 Å². The maximum Gasteiger partial charge on any atom is 0.341 e. The topological polar surface area (TPSA) is 88.6 Å². The Morgan fingerprint density at radius 3 is 2.69 bits per heavy atom. The van der Waals surface area contributed by atoms with E-state index in [0.29, 0.717) is 17.7 Å². The standard InChI is InChI=1S/C19H22FN3O3/c20-15-7-13-16(8-17(15)22-6-2-1-3-11(21)9-22)23(12-4-5-12)10-14(18(13)24)19(25)26/h7-8,10-12H,1-6,9,21H2,(H,25,26). The number of rotatable bonds is 3. The number of carbonyl (C=O) groups is 1. The molecule has 26 heavy (non-hydrogen) atoms. The number of nitrogens with zero attached hydrogens (tertiary/aromatic N) is 2. The average molecular weight is 359 g/mol. The molecule has 1 aromatic carbocycles. The molecule has 6 nitrogen and oxygen atoms in total. The molecular weight excluding hydrogens is 337 g/mol. The minimum Gasteiger partial charge on any atom is -0.477 e. The van der Waals surface area contributed by atoms with Crippen LogP contribution in [0.1, 0.15) is 48.5 Å². The summed E-state index contributed by atoms with van der Waals surface area (Å²) in [5.74, 6) is -1.79. The lowest BCUT2D eigenvalue weighted by molar-refractivity contribution is 0.0695. The number of fused-ring (bicyclic) bond motifs is 1. The van der Waals surface area contributed by atoms with Crippen molar-refractivity contribution < 1.29 is 14.3 Å². The van der Waals surface area contributed by atoms with Gasteiger partial charge in [-0.3, -0.25) is 4.79 Å². The van der Waals surface area contributed by atoms with Crippen LogP contribution in [-0.2, 0) is 0 Å². The van der Waals surface area contributed by atoms with Crippen molar-refractivity contribution in [3.05, 3.63) is 39.9 Å². The lowest BCUT2D eigenvalue weighted by atomic mass is 10.1. The molecule has 1 saturated heterocycles. The third-order valence-electron chi connectivity index (χ3n) is 5.32. The molecule has 2 aliphatic rings. The highest BCUT2D eigenvalue weighted by Crippen LogP contribution is 2.38. The number of hydrogen-bond acceptors (Lipinski definition) is 4. The largest absolute Gasteiger partial charge is 0.477 e. The van der Waals surface area contributed by atoms with Crippen LogP contribution in [0.2, 0.25) is 0 Å². The highest BCUT2D eigenvalue weighted by molar-refractivity contribution is 5.93. The molecule has 2 fully saturated rings. The molecule has 1 aliphatic heterocycles. The van der Waals surface area contributed by atoms with E-state index in [2.05, 4.69) is 0 Å². The lowest BCUT2D eigenvalue weighted by Gasteiger charge is -2.26. The summed E-state index contributed by atoms with van der Waals surface area (Å²) in [4.78, 5) is 25.9. The number of benzene rings is 1. The van der Waals surface area contributed by atoms with Crippen LogP contribution in [0.5, 0.6) is 0 Å². The van der Waals surface area contributed by atoms with E-state index in [0.717, 1.165) is 38.6 Å². The number of nitrogens with two attached hydrogens (primary N) is 1. The zero-order valence-electron chi connectivity index (χ0n) is 14.4. The van der Waals surface area contributed by atoms with Crippen LogP contribution in [0.15, 0.2) is 23.1 Å². The highest BCUT2D eigenvalue weighted by Gasteiger charge is 2.28. The summed E-state index contributed by atoms with van der Waals surface area (Å²) >= 11 is 0. The summed E-state index contributed by atoms with van der Waals surface area (Å²) in [6, 6.07) is 3.04. The van der Waals surface area contributed by atoms with E-state index in [-0.39, 0.29) is 23.0 Å². The molecule has 1 aromatic heterocycles. The predicted molar refractivity (Wildman–Crippen MR) is 97.4 cm³/mol. The van der Waals surface area contributed by atoms with Crippen LogP contribution in [-0.4, -0.2) is 34.8 Å². The first-order valence-corrected chi connectivity index (χ1v) is 9.08. The normalized spacial score (nSPS) is 21.0. The van der Waals surface area contributed by atoms with Gasteiger partial charge in [0.2, 0.25) is 5.43 Å². The summed E-state index contributed by atoms with van der Waals surface area (Å²) in [6.45, 7) is 1.29. The molecule has 1 atom stereocenters. The Balaban J connectivity index is 1.90. The summed E-state index contributed by atoms with van der Waals surface area (Å²) in [5.41, 5.74) is 6.19. The van der Waals surface area contributed by atoms with Crippen molar-refractivity contribution in [1.82, 2.24) is 4.57 Å². The maximum absolute atomic E-state index is 14.8. The van der Waals surface area contributed by atoms with Crippen molar-refractivity contribution in [2.24, 2.45) is 5.73 Å². The van der Waals surface area contributed by atoms with Gasteiger partial charge in [0.1, 0.15) is 11.4 Å². The summed E-state index contributed by atoms with van der Waals surface area (Å²) in [6.07, 6.45) is 6.14. The van der Waals surface area contributed by atoms with Crippen LogP contribution in [0.4, 0.5) is 10.1 Å². The third kappa shape index (κ3) is 2.96. The number of aromatic nitrogens is 1. The second-order valence-corrected chi connectivity index (χ2v) is 7.34. The molecule has 0 spiro atoms. The molecule has 7 heteroatoms. The van der Waals surface area contributed by atoms with E-state index < -0.39 is 17.2 Å². The Morgan fingerprint density at radius 2 is 2.00 bits per heavy atom. The van der Waals surface area contributed by atoms with Crippen LogP contribution in [0, 0.1) is 5.82 Å². The SMILES string of the molecule is NC1CCCCN(c2cc3c(cc2F)c(=O)c(C(=O)O)cn3C2CC2)C1. The molecule has 0 radical (unpaired) electrons.